The highest BCUT2D eigenvalue weighted by Crippen LogP contribution is 2.28. The number of anilines is 1. The Kier molecular flexibility index (Phi) is 4.25. The van der Waals surface area contributed by atoms with Gasteiger partial charge in [-0.1, -0.05) is 18.2 Å². The number of hydrogen-bond acceptors (Lipinski definition) is 3. The molecule has 1 unspecified atom stereocenters. The molecule has 2 atom stereocenters. The fraction of sp³-hybridized carbons (Fsp3) is 0.600. The van der Waals surface area contributed by atoms with Crippen molar-refractivity contribution >= 4 is 5.69 Å². The molecule has 0 aromatic heterocycles. The average molecular weight is 248 g/mol. The fourth-order valence-corrected chi connectivity index (χ4v) is 2.83. The maximum absolute atomic E-state index is 9.91. The Morgan fingerprint density at radius 2 is 2.00 bits per heavy atom. The van der Waals surface area contributed by atoms with Gasteiger partial charge in [-0.05, 0) is 39.9 Å². The third kappa shape index (κ3) is 2.85. The van der Waals surface area contributed by atoms with Crippen molar-refractivity contribution in [3.63, 3.8) is 0 Å². The molecule has 1 aromatic rings. The number of rotatable bonds is 2. The minimum Gasteiger partial charge on any atom is -0.389 e. The molecule has 2 rings (SSSR count). The van der Waals surface area contributed by atoms with Gasteiger partial charge in [0, 0.05) is 30.4 Å². The van der Waals surface area contributed by atoms with Crippen LogP contribution < -0.4 is 4.90 Å². The minimum atomic E-state index is -0.408. The number of likely N-dealkylation sites (N-methyl/N-ethyl adjacent to an activating group) is 1. The van der Waals surface area contributed by atoms with Crippen LogP contribution in [0.25, 0.3) is 0 Å². The molecule has 0 radical (unpaired) electrons. The Morgan fingerprint density at radius 1 is 1.28 bits per heavy atom. The third-order valence-electron chi connectivity index (χ3n) is 3.74. The lowest BCUT2D eigenvalue weighted by atomic mass is 10.1. The second-order valence-electron chi connectivity index (χ2n) is 5.39. The summed E-state index contributed by atoms with van der Waals surface area (Å²) in [7, 11) is 2.18. The summed E-state index contributed by atoms with van der Waals surface area (Å²) in [5.74, 6) is 0. The quantitative estimate of drug-likeness (QED) is 0.870. The van der Waals surface area contributed by atoms with Crippen molar-refractivity contribution in [3.05, 3.63) is 29.8 Å². The normalized spacial score (nSPS) is 23.8. The van der Waals surface area contributed by atoms with Crippen molar-refractivity contribution in [2.24, 2.45) is 0 Å². The minimum absolute atomic E-state index is 0.408. The molecule has 18 heavy (non-hydrogen) atoms. The summed E-state index contributed by atoms with van der Waals surface area (Å²) in [6.45, 7) is 7.40. The van der Waals surface area contributed by atoms with Crippen molar-refractivity contribution in [2.75, 3.05) is 31.6 Å². The van der Waals surface area contributed by atoms with Gasteiger partial charge in [-0.15, -0.1) is 0 Å². The van der Waals surface area contributed by atoms with Crippen LogP contribution >= 0.6 is 0 Å². The van der Waals surface area contributed by atoms with Gasteiger partial charge in [-0.2, -0.15) is 0 Å². The lowest BCUT2D eigenvalue weighted by molar-refractivity contribution is 0.199. The van der Waals surface area contributed by atoms with Gasteiger partial charge in [0.2, 0.25) is 0 Å². The van der Waals surface area contributed by atoms with E-state index in [9.17, 15) is 5.11 Å². The molecule has 1 aromatic carbocycles. The Hall–Kier alpha value is -1.06. The van der Waals surface area contributed by atoms with Crippen LogP contribution in [0.2, 0.25) is 0 Å². The first-order valence-electron chi connectivity index (χ1n) is 6.81. The van der Waals surface area contributed by atoms with Crippen molar-refractivity contribution in [2.45, 2.75) is 32.4 Å². The summed E-state index contributed by atoms with van der Waals surface area (Å²) in [5, 5.41) is 9.91. The monoisotopic (exact) mass is 248 g/mol. The molecular weight excluding hydrogens is 224 g/mol. The molecule has 0 saturated carbocycles. The number of aliphatic hydroxyl groups is 1. The van der Waals surface area contributed by atoms with E-state index in [1.807, 2.05) is 19.1 Å². The number of benzene rings is 1. The van der Waals surface area contributed by atoms with Crippen molar-refractivity contribution in [1.29, 1.82) is 0 Å². The van der Waals surface area contributed by atoms with E-state index in [0.717, 1.165) is 25.2 Å². The number of para-hydroxylation sites is 1. The fourth-order valence-electron chi connectivity index (χ4n) is 2.83. The van der Waals surface area contributed by atoms with E-state index in [4.69, 9.17) is 0 Å². The van der Waals surface area contributed by atoms with Crippen LogP contribution in [0.4, 0.5) is 5.69 Å². The average Bonchev–Trinajstić information content (AvgIpc) is 2.50. The van der Waals surface area contributed by atoms with Gasteiger partial charge < -0.3 is 14.9 Å². The molecule has 3 nitrogen and oxygen atoms in total. The van der Waals surface area contributed by atoms with Crippen LogP contribution in [0.15, 0.2) is 24.3 Å². The Morgan fingerprint density at radius 3 is 2.72 bits per heavy atom. The van der Waals surface area contributed by atoms with Crippen molar-refractivity contribution in [1.82, 2.24) is 4.90 Å². The summed E-state index contributed by atoms with van der Waals surface area (Å²) >= 11 is 0. The van der Waals surface area contributed by atoms with Gasteiger partial charge in [0.05, 0.1) is 6.10 Å². The molecule has 0 amide bonds. The lowest BCUT2D eigenvalue weighted by Gasteiger charge is -2.32. The number of nitrogens with zero attached hydrogens (tertiary/aromatic N) is 2. The Balaban J connectivity index is 2.29. The van der Waals surface area contributed by atoms with E-state index >= 15 is 0 Å². The van der Waals surface area contributed by atoms with Crippen molar-refractivity contribution < 1.29 is 5.11 Å². The first-order valence-corrected chi connectivity index (χ1v) is 6.81. The smallest absolute Gasteiger partial charge is 0.0781 e. The second-order valence-corrected chi connectivity index (χ2v) is 5.39. The standard InChI is InChI=1S/C15H24N2O/c1-12-11-16(3)9-6-10-17(12)15-8-5-4-7-14(15)13(2)18/h4-5,7-8,12-13,18H,6,9-11H2,1-3H3/t12?,13-/m0/s1. The molecule has 0 spiro atoms. The first kappa shape index (κ1) is 13.4. The maximum Gasteiger partial charge on any atom is 0.0781 e. The van der Waals surface area contributed by atoms with Gasteiger partial charge in [0.1, 0.15) is 0 Å². The van der Waals surface area contributed by atoms with Gasteiger partial charge >= 0.3 is 0 Å². The molecule has 1 aliphatic heterocycles. The zero-order valence-electron chi connectivity index (χ0n) is 11.6. The molecule has 1 heterocycles. The first-order chi connectivity index (χ1) is 8.59. The SMILES string of the molecule is CC1CN(C)CCCN1c1ccccc1[C@H](C)O. The molecule has 1 N–H and O–H groups in total. The predicted molar refractivity (Wildman–Crippen MR) is 76.0 cm³/mol. The number of hydrogen-bond donors (Lipinski definition) is 1. The van der Waals surface area contributed by atoms with E-state index in [-0.39, 0.29) is 0 Å². The summed E-state index contributed by atoms with van der Waals surface area (Å²) in [6.07, 6.45) is 0.768. The van der Waals surface area contributed by atoms with Gasteiger partial charge in [0.15, 0.2) is 0 Å². The molecule has 1 saturated heterocycles. The van der Waals surface area contributed by atoms with Crippen LogP contribution in [0.3, 0.4) is 0 Å². The molecule has 0 aliphatic carbocycles. The Bertz CT molecular complexity index is 392. The van der Waals surface area contributed by atoms with E-state index in [1.165, 1.54) is 12.1 Å². The Labute approximate surface area is 110 Å². The third-order valence-corrected chi connectivity index (χ3v) is 3.74. The largest absolute Gasteiger partial charge is 0.389 e. The van der Waals surface area contributed by atoms with Crippen LogP contribution in [0.1, 0.15) is 31.9 Å². The highest BCUT2D eigenvalue weighted by molar-refractivity contribution is 5.55. The summed E-state index contributed by atoms with van der Waals surface area (Å²) in [5.41, 5.74) is 2.23. The zero-order chi connectivity index (χ0) is 13.1. The van der Waals surface area contributed by atoms with Crippen LogP contribution in [-0.2, 0) is 0 Å². The topological polar surface area (TPSA) is 26.7 Å². The highest BCUT2D eigenvalue weighted by atomic mass is 16.3. The molecule has 0 bridgehead atoms. The lowest BCUT2D eigenvalue weighted by Crippen LogP contribution is -2.38. The summed E-state index contributed by atoms with van der Waals surface area (Å²) in [6, 6.07) is 8.70. The number of aliphatic hydroxyl groups excluding tert-OH is 1. The second kappa shape index (κ2) is 5.72. The summed E-state index contributed by atoms with van der Waals surface area (Å²) < 4.78 is 0. The zero-order valence-corrected chi connectivity index (χ0v) is 11.6. The van der Waals surface area contributed by atoms with E-state index < -0.39 is 6.10 Å². The molecule has 100 valence electrons. The van der Waals surface area contributed by atoms with Gasteiger partial charge in [0.25, 0.3) is 0 Å². The molecular formula is C15H24N2O. The van der Waals surface area contributed by atoms with E-state index in [1.54, 1.807) is 0 Å². The molecule has 1 fully saturated rings. The van der Waals surface area contributed by atoms with Crippen LogP contribution in [0, 0.1) is 0 Å². The van der Waals surface area contributed by atoms with Crippen molar-refractivity contribution in [3.8, 4) is 0 Å². The molecule has 3 heteroatoms. The van der Waals surface area contributed by atoms with E-state index in [2.05, 4.69) is 35.9 Å². The molecule has 1 aliphatic rings. The predicted octanol–water partition coefficient (Wildman–Crippen LogP) is 2.27. The van der Waals surface area contributed by atoms with E-state index in [0.29, 0.717) is 6.04 Å². The van der Waals surface area contributed by atoms with Gasteiger partial charge in [-0.3, -0.25) is 0 Å². The summed E-state index contributed by atoms with van der Waals surface area (Å²) in [4.78, 5) is 4.82. The van der Waals surface area contributed by atoms with Crippen LogP contribution in [0.5, 0.6) is 0 Å². The van der Waals surface area contributed by atoms with Crippen LogP contribution in [-0.4, -0.2) is 42.7 Å². The van der Waals surface area contributed by atoms with Gasteiger partial charge in [-0.25, -0.2) is 0 Å². The maximum atomic E-state index is 9.91. The highest BCUT2D eigenvalue weighted by Gasteiger charge is 2.22.